The maximum Gasteiger partial charge on any atom is 0.304 e. The monoisotopic (exact) mass is 288 g/mol. The average molecular weight is 288 g/mol. The third-order valence-electron chi connectivity index (χ3n) is 3.47. The van der Waals surface area contributed by atoms with E-state index < -0.39 is 5.97 Å². The van der Waals surface area contributed by atoms with Crippen molar-refractivity contribution < 1.29 is 19.0 Å². The number of carboxylic acids is 1. The van der Waals surface area contributed by atoms with Crippen LogP contribution in [0.5, 0.6) is 5.75 Å². The molecule has 0 heterocycles. The fourth-order valence-corrected chi connectivity index (χ4v) is 2.42. The highest BCUT2D eigenvalue weighted by Crippen LogP contribution is 2.31. The zero-order valence-corrected chi connectivity index (χ0v) is 12.0. The lowest BCUT2D eigenvalue weighted by atomic mass is 9.87. The first-order valence-electron chi connectivity index (χ1n) is 6.63. The summed E-state index contributed by atoms with van der Waals surface area (Å²) in [6, 6.07) is 11.5. The number of ether oxygens (including phenoxy) is 1. The van der Waals surface area contributed by atoms with Crippen LogP contribution in [0.4, 0.5) is 4.39 Å². The van der Waals surface area contributed by atoms with E-state index in [0.29, 0.717) is 0 Å². The SMILES string of the molecule is COc1ccc(C(CC(=O)O)c2ccc(F)cc2)cc1C. The Kier molecular flexibility index (Phi) is 4.58. The number of methoxy groups -OCH3 is 1. The summed E-state index contributed by atoms with van der Waals surface area (Å²) >= 11 is 0. The molecule has 110 valence electrons. The second-order valence-corrected chi connectivity index (χ2v) is 4.93. The summed E-state index contributed by atoms with van der Waals surface area (Å²) in [5.74, 6) is -0.781. The summed E-state index contributed by atoms with van der Waals surface area (Å²) in [7, 11) is 1.59. The van der Waals surface area contributed by atoms with Crippen molar-refractivity contribution in [2.75, 3.05) is 7.11 Å². The van der Waals surface area contributed by atoms with Crippen LogP contribution in [0.1, 0.15) is 29.0 Å². The molecule has 0 saturated carbocycles. The molecule has 21 heavy (non-hydrogen) atoms. The van der Waals surface area contributed by atoms with Crippen LogP contribution in [0.3, 0.4) is 0 Å². The molecule has 2 rings (SSSR count). The molecule has 0 aliphatic rings. The van der Waals surface area contributed by atoms with Crippen LogP contribution in [0.2, 0.25) is 0 Å². The van der Waals surface area contributed by atoms with Crippen molar-refractivity contribution >= 4 is 5.97 Å². The summed E-state index contributed by atoms with van der Waals surface area (Å²) in [6.07, 6.45) is -0.0442. The van der Waals surface area contributed by atoms with Crippen molar-refractivity contribution in [2.24, 2.45) is 0 Å². The van der Waals surface area contributed by atoms with Crippen LogP contribution in [0, 0.1) is 12.7 Å². The third-order valence-corrected chi connectivity index (χ3v) is 3.47. The number of halogens is 1. The first-order chi connectivity index (χ1) is 10.0. The van der Waals surface area contributed by atoms with Crippen molar-refractivity contribution in [2.45, 2.75) is 19.3 Å². The fourth-order valence-electron chi connectivity index (χ4n) is 2.42. The van der Waals surface area contributed by atoms with Gasteiger partial charge in [0.05, 0.1) is 13.5 Å². The molecule has 2 aromatic rings. The second kappa shape index (κ2) is 6.39. The summed E-state index contributed by atoms with van der Waals surface area (Å²) in [4.78, 5) is 11.1. The molecule has 0 bridgehead atoms. The summed E-state index contributed by atoms with van der Waals surface area (Å²) < 4.78 is 18.3. The van der Waals surface area contributed by atoms with E-state index in [1.807, 2.05) is 25.1 Å². The Bertz CT molecular complexity index is 635. The van der Waals surface area contributed by atoms with Gasteiger partial charge >= 0.3 is 5.97 Å². The lowest BCUT2D eigenvalue weighted by Crippen LogP contribution is -2.08. The molecule has 0 aliphatic heterocycles. The Morgan fingerprint density at radius 2 is 1.81 bits per heavy atom. The van der Waals surface area contributed by atoms with E-state index in [1.54, 1.807) is 19.2 Å². The van der Waals surface area contributed by atoms with Gasteiger partial charge < -0.3 is 9.84 Å². The normalized spacial score (nSPS) is 12.0. The van der Waals surface area contributed by atoms with Crippen LogP contribution in [-0.4, -0.2) is 18.2 Å². The second-order valence-electron chi connectivity index (χ2n) is 4.93. The van der Waals surface area contributed by atoms with E-state index in [0.717, 1.165) is 22.4 Å². The zero-order chi connectivity index (χ0) is 15.4. The Morgan fingerprint density at radius 3 is 2.33 bits per heavy atom. The molecule has 3 nitrogen and oxygen atoms in total. The average Bonchev–Trinajstić information content (AvgIpc) is 2.45. The van der Waals surface area contributed by atoms with Crippen molar-refractivity contribution in [1.29, 1.82) is 0 Å². The van der Waals surface area contributed by atoms with Crippen LogP contribution in [0.15, 0.2) is 42.5 Å². The lowest BCUT2D eigenvalue weighted by Gasteiger charge is -2.17. The van der Waals surface area contributed by atoms with Gasteiger partial charge in [-0.15, -0.1) is 0 Å². The van der Waals surface area contributed by atoms with Gasteiger partial charge in [-0.1, -0.05) is 24.3 Å². The molecule has 0 spiro atoms. The number of benzene rings is 2. The summed E-state index contributed by atoms with van der Waals surface area (Å²) in [5, 5.41) is 9.13. The quantitative estimate of drug-likeness (QED) is 0.911. The predicted octanol–water partition coefficient (Wildman–Crippen LogP) is 3.75. The molecular formula is C17H17FO3. The molecule has 0 radical (unpaired) electrons. The van der Waals surface area contributed by atoms with Crippen LogP contribution >= 0.6 is 0 Å². The summed E-state index contributed by atoms with van der Waals surface area (Å²) in [6.45, 7) is 1.91. The van der Waals surface area contributed by atoms with E-state index in [1.165, 1.54) is 12.1 Å². The minimum absolute atomic E-state index is 0.0442. The molecule has 0 amide bonds. The van der Waals surface area contributed by atoms with E-state index in [9.17, 15) is 9.18 Å². The Hall–Kier alpha value is -2.36. The van der Waals surface area contributed by atoms with Crippen molar-refractivity contribution in [1.82, 2.24) is 0 Å². The number of carbonyl (C=O) groups is 1. The molecule has 0 saturated heterocycles. The number of rotatable bonds is 5. The molecule has 1 atom stereocenters. The van der Waals surface area contributed by atoms with Crippen molar-refractivity contribution in [3.63, 3.8) is 0 Å². The fraction of sp³-hybridized carbons (Fsp3) is 0.235. The van der Waals surface area contributed by atoms with Gasteiger partial charge in [-0.25, -0.2) is 4.39 Å². The third kappa shape index (κ3) is 3.60. The largest absolute Gasteiger partial charge is 0.496 e. The van der Waals surface area contributed by atoms with Crippen molar-refractivity contribution in [3.05, 3.63) is 65.0 Å². The van der Waals surface area contributed by atoms with Gasteiger partial charge in [0.1, 0.15) is 11.6 Å². The number of aryl methyl sites for hydroxylation is 1. The minimum Gasteiger partial charge on any atom is -0.496 e. The van der Waals surface area contributed by atoms with E-state index >= 15 is 0 Å². The standard InChI is InChI=1S/C17H17FO3/c1-11-9-13(5-8-16(11)21-2)15(10-17(19)20)12-3-6-14(18)7-4-12/h3-9,15H,10H2,1-2H3,(H,19,20). The van der Waals surface area contributed by atoms with Crippen LogP contribution in [-0.2, 0) is 4.79 Å². The summed E-state index contributed by atoms with van der Waals surface area (Å²) in [5.41, 5.74) is 2.60. The number of carboxylic acid groups (broad SMARTS) is 1. The highest BCUT2D eigenvalue weighted by atomic mass is 19.1. The first-order valence-corrected chi connectivity index (χ1v) is 6.63. The van der Waals surface area contributed by atoms with E-state index in [-0.39, 0.29) is 18.2 Å². The van der Waals surface area contributed by atoms with Crippen molar-refractivity contribution in [3.8, 4) is 5.75 Å². The Balaban J connectivity index is 2.42. The molecular weight excluding hydrogens is 271 g/mol. The first kappa shape index (κ1) is 15.0. The molecule has 0 aromatic heterocycles. The van der Waals surface area contributed by atoms with Gasteiger partial charge in [-0.2, -0.15) is 0 Å². The van der Waals surface area contributed by atoms with E-state index in [2.05, 4.69) is 0 Å². The highest BCUT2D eigenvalue weighted by molar-refractivity contribution is 5.69. The maximum atomic E-state index is 13.0. The Labute approximate surface area is 123 Å². The van der Waals surface area contributed by atoms with Gasteiger partial charge in [0.2, 0.25) is 0 Å². The molecule has 0 fully saturated rings. The lowest BCUT2D eigenvalue weighted by molar-refractivity contribution is -0.137. The molecule has 2 aromatic carbocycles. The molecule has 1 unspecified atom stereocenters. The predicted molar refractivity (Wildman–Crippen MR) is 78.2 cm³/mol. The number of aliphatic carboxylic acids is 1. The van der Waals surface area contributed by atoms with Gasteiger partial charge in [0, 0.05) is 5.92 Å². The topological polar surface area (TPSA) is 46.5 Å². The maximum absolute atomic E-state index is 13.0. The van der Waals surface area contributed by atoms with Gasteiger partial charge in [0.25, 0.3) is 0 Å². The molecule has 4 heteroatoms. The smallest absolute Gasteiger partial charge is 0.304 e. The molecule has 1 N–H and O–H groups in total. The van der Waals surface area contributed by atoms with Gasteiger partial charge in [0.15, 0.2) is 0 Å². The van der Waals surface area contributed by atoms with Crippen LogP contribution < -0.4 is 4.74 Å². The van der Waals surface area contributed by atoms with Gasteiger partial charge in [-0.05, 0) is 41.8 Å². The van der Waals surface area contributed by atoms with Crippen LogP contribution in [0.25, 0.3) is 0 Å². The highest BCUT2D eigenvalue weighted by Gasteiger charge is 2.18. The Morgan fingerprint density at radius 1 is 1.19 bits per heavy atom. The van der Waals surface area contributed by atoms with Gasteiger partial charge in [-0.3, -0.25) is 4.79 Å². The molecule has 0 aliphatic carbocycles. The number of hydrogen-bond donors (Lipinski definition) is 1. The van der Waals surface area contributed by atoms with E-state index in [4.69, 9.17) is 9.84 Å². The number of hydrogen-bond acceptors (Lipinski definition) is 2. The minimum atomic E-state index is -0.891. The zero-order valence-electron chi connectivity index (χ0n) is 12.0.